The van der Waals surface area contributed by atoms with Crippen molar-refractivity contribution in [2.24, 2.45) is 0 Å². The van der Waals surface area contributed by atoms with Crippen molar-refractivity contribution in [3.05, 3.63) is 59.3 Å². The molecule has 0 radical (unpaired) electrons. The molecule has 0 fully saturated rings. The van der Waals surface area contributed by atoms with Gasteiger partial charge in [0.2, 0.25) is 6.54 Å². The quantitative estimate of drug-likeness (QED) is 0.465. The molecule has 0 aliphatic carbocycles. The highest BCUT2D eigenvalue weighted by atomic mass is 15.1. The number of pyridine rings is 2. The summed E-state index contributed by atoms with van der Waals surface area (Å²) < 4.78 is 2.19. The minimum absolute atomic E-state index is 0.643. The third kappa shape index (κ3) is 4.02. The molecular weight excluding hydrogens is 322 g/mol. The summed E-state index contributed by atoms with van der Waals surface area (Å²) in [5.41, 5.74) is 5.31. The second-order valence-corrected chi connectivity index (χ2v) is 6.64. The molecule has 0 saturated heterocycles. The average molecular weight is 347 g/mol. The minimum Gasteiger partial charge on any atom is -0.369 e. The van der Waals surface area contributed by atoms with Crippen LogP contribution in [0.1, 0.15) is 36.9 Å². The number of imidazole rings is 1. The van der Waals surface area contributed by atoms with Crippen LogP contribution in [0, 0.1) is 20.4 Å². The minimum atomic E-state index is 0.643. The van der Waals surface area contributed by atoms with E-state index in [0.717, 1.165) is 55.0 Å². The molecular formula is C21H25N5. The molecule has 3 rings (SSSR count). The van der Waals surface area contributed by atoms with Crippen molar-refractivity contribution in [3.8, 4) is 11.3 Å². The molecule has 3 heterocycles. The Morgan fingerprint density at radius 3 is 2.77 bits per heavy atom. The summed E-state index contributed by atoms with van der Waals surface area (Å²) in [6.07, 6.45) is 7.98. The Balaban J connectivity index is 1.83. The van der Waals surface area contributed by atoms with Gasteiger partial charge in [-0.2, -0.15) is 0 Å². The van der Waals surface area contributed by atoms with Crippen molar-refractivity contribution in [1.29, 1.82) is 0 Å². The Morgan fingerprint density at radius 2 is 2.00 bits per heavy atom. The van der Waals surface area contributed by atoms with E-state index in [2.05, 4.69) is 45.5 Å². The summed E-state index contributed by atoms with van der Waals surface area (Å²) in [7, 11) is 0. The lowest BCUT2D eigenvalue weighted by molar-refractivity contribution is 0.677. The fourth-order valence-corrected chi connectivity index (χ4v) is 3.27. The predicted octanol–water partition coefficient (Wildman–Crippen LogP) is 4.90. The van der Waals surface area contributed by atoms with Gasteiger partial charge in [0.05, 0.1) is 0 Å². The maximum Gasteiger partial charge on any atom is 0.214 e. The number of hydrogen-bond donors (Lipinski definition) is 1. The number of aromatic nitrogens is 3. The van der Waals surface area contributed by atoms with Crippen molar-refractivity contribution in [1.82, 2.24) is 14.4 Å². The molecule has 0 amide bonds. The van der Waals surface area contributed by atoms with E-state index in [1.807, 2.05) is 18.3 Å². The van der Waals surface area contributed by atoms with Gasteiger partial charge in [0.1, 0.15) is 17.2 Å². The lowest BCUT2D eigenvalue weighted by Gasteiger charge is -2.11. The summed E-state index contributed by atoms with van der Waals surface area (Å²) in [5, 5.41) is 3.60. The molecule has 0 saturated carbocycles. The molecule has 1 N–H and O–H groups in total. The Kier molecular flexibility index (Phi) is 5.85. The maximum atomic E-state index is 6.83. The first-order chi connectivity index (χ1) is 12.7. The summed E-state index contributed by atoms with van der Waals surface area (Å²) in [6, 6.07) is 8.28. The van der Waals surface area contributed by atoms with E-state index in [0.29, 0.717) is 6.54 Å². The van der Waals surface area contributed by atoms with Crippen LogP contribution in [0.3, 0.4) is 0 Å². The third-order valence-electron chi connectivity index (χ3n) is 4.47. The van der Waals surface area contributed by atoms with Gasteiger partial charge >= 0.3 is 0 Å². The summed E-state index contributed by atoms with van der Waals surface area (Å²) in [5.74, 6) is 1.03. The molecule has 3 aromatic rings. The van der Waals surface area contributed by atoms with Gasteiger partial charge in [-0.1, -0.05) is 6.42 Å². The number of hydrogen-bond acceptors (Lipinski definition) is 3. The Bertz CT molecular complexity index is 906. The van der Waals surface area contributed by atoms with Gasteiger partial charge in [-0.3, -0.25) is 9.38 Å². The first-order valence-corrected chi connectivity index (χ1v) is 9.18. The molecule has 5 nitrogen and oxygen atoms in total. The number of nitrogens with zero attached hydrogens (tertiary/aromatic N) is 4. The van der Waals surface area contributed by atoms with Crippen LogP contribution in [0.15, 0.2) is 36.7 Å². The molecule has 5 heteroatoms. The van der Waals surface area contributed by atoms with Gasteiger partial charge in [0.15, 0.2) is 0 Å². The van der Waals surface area contributed by atoms with Crippen molar-refractivity contribution in [2.75, 3.05) is 18.4 Å². The van der Waals surface area contributed by atoms with E-state index in [-0.39, 0.29) is 0 Å². The number of fused-ring (bicyclic) bond motifs is 1. The zero-order chi connectivity index (χ0) is 18.4. The zero-order valence-corrected chi connectivity index (χ0v) is 15.5. The normalized spacial score (nSPS) is 10.8. The van der Waals surface area contributed by atoms with Crippen molar-refractivity contribution in [3.63, 3.8) is 0 Å². The third-order valence-corrected chi connectivity index (χ3v) is 4.47. The monoisotopic (exact) mass is 347 g/mol. The van der Waals surface area contributed by atoms with Crippen LogP contribution >= 0.6 is 0 Å². The number of anilines is 1. The van der Waals surface area contributed by atoms with Gasteiger partial charge in [-0.25, -0.2) is 11.6 Å². The van der Waals surface area contributed by atoms with Crippen LogP contribution in [0.4, 0.5) is 5.82 Å². The van der Waals surface area contributed by atoms with Crippen molar-refractivity contribution in [2.45, 2.75) is 39.5 Å². The summed E-state index contributed by atoms with van der Waals surface area (Å²) in [6.45, 7) is 12.6. The van der Waals surface area contributed by atoms with Gasteiger partial charge < -0.3 is 10.2 Å². The molecule has 0 aliphatic rings. The first-order valence-electron chi connectivity index (χ1n) is 9.18. The van der Waals surface area contributed by atoms with E-state index >= 15 is 0 Å². The van der Waals surface area contributed by atoms with Gasteiger partial charge in [0, 0.05) is 36.6 Å². The Labute approximate surface area is 154 Å². The highest BCUT2D eigenvalue weighted by molar-refractivity contribution is 5.76. The SMILES string of the molecule is [C-]#[N+]CCCCCCNc1c(-c2cccnc2)nc2cc(C)cc(C)n12. The van der Waals surface area contributed by atoms with E-state index in [4.69, 9.17) is 11.6 Å². The number of rotatable bonds is 8. The molecule has 3 aromatic heterocycles. The van der Waals surface area contributed by atoms with Crippen LogP contribution in [0.2, 0.25) is 0 Å². The second-order valence-electron chi connectivity index (χ2n) is 6.64. The predicted molar refractivity (Wildman–Crippen MR) is 106 cm³/mol. The van der Waals surface area contributed by atoms with E-state index in [1.165, 1.54) is 11.3 Å². The van der Waals surface area contributed by atoms with Gasteiger partial charge in [-0.05, 0) is 56.5 Å². The Hall–Kier alpha value is -2.87. The highest BCUT2D eigenvalue weighted by Crippen LogP contribution is 2.30. The van der Waals surface area contributed by atoms with Crippen molar-refractivity contribution < 1.29 is 0 Å². The number of unbranched alkanes of at least 4 members (excludes halogenated alkanes) is 3. The van der Waals surface area contributed by atoms with Crippen LogP contribution in [0.5, 0.6) is 0 Å². The van der Waals surface area contributed by atoms with Crippen LogP contribution in [-0.4, -0.2) is 27.5 Å². The zero-order valence-electron chi connectivity index (χ0n) is 15.5. The highest BCUT2D eigenvalue weighted by Gasteiger charge is 2.15. The molecule has 0 aliphatic heterocycles. The number of aryl methyl sites for hydroxylation is 2. The summed E-state index contributed by atoms with van der Waals surface area (Å²) in [4.78, 5) is 12.5. The second kappa shape index (κ2) is 8.48. The lowest BCUT2D eigenvalue weighted by atomic mass is 10.2. The molecule has 26 heavy (non-hydrogen) atoms. The van der Waals surface area contributed by atoms with E-state index < -0.39 is 0 Å². The maximum absolute atomic E-state index is 6.83. The van der Waals surface area contributed by atoms with Crippen LogP contribution in [-0.2, 0) is 0 Å². The summed E-state index contributed by atoms with van der Waals surface area (Å²) >= 11 is 0. The first kappa shape index (κ1) is 17.9. The molecule has 0 spiro atoms. The smallest absolute Gasteiger partial charge is 0.214 e. The van der Waals surface area contributed by atoms with E-state index in [9.17, 15) is 0 Å². The van der Waals surface area contributed by atoms with Gasteiger partial charge in [0.25, 0.3) is 0 Å². The molecule has 0 unspecified atom stereocenters. The van der Waals surface area contributed by atoms with Crippen LogP contribution in [0.25, 0.3) is 21.7 Å². The molecule has 0 bridgehead atoms. The van der Waals surface area contributed by atoms with E-state index in [1.54, 1.807) is 6.20 Å². The Morgan fingerprint density at radius 1 is 1.15 bits per heavy atom. The largest absolute Gasteiger partial charge is 0.369 e. The molecule has 134 valence electrons. The van der Waals surface area contributed by atoms with Crippen LogP contribution < -0.4 is 5.32 Å². The van der Waals surface area contributed by atoms with Crippen molar-refractivity contribution >= 4 is 11.5 Å². The van der Waals surface area contributed by atoms with Gasteiger partial charge in [-0.15, -0.1) is 0 Å². The standard InChI is InChI=1S/C21H25N5/c1-16-13-17(2)26-19(14-16)25-20(18-9-8-11-23-15-18)21(26)24-12-7-5-4-6-10-22-3/h8-9,11,13-15,24H,4-7,10,12H2,1-2H3. The molecule has 0 aromatic carbocycles. The average Bonchev–Trinajstić information content (AvgIpc) is 3.00. The topological polar surface area (TPSA) is 46.6 Å². The fourth-order valence-electron chi connectivity index (χ4n) is 3.27. The number of nitrogens with one attached hydrogen (secondary N) is 1. The fraction of sp³-hybridized carbons (Fsp3) is 0.381. The molecule has 0 atom stereocenters. The lowest BCUT2D eigenvalue weighted by Crippen LogP contribution is -2.06.